The highest BCUT2D eigenvalue weighted by Gasteiger charge is 2.29. The molecule has 0 unspecified atom stereocenters. The second kappa shape index (κ2) is 6.88. The van der Waals surface area contributed by atoms with E-state index in [9.17, 15) is 4.57 Å². The maximum Gasteiger partial charge on any atom is 0.193 e. The fraction of sp³-hybridized carbons (Fsp3) is 1.00. The van der Waals surface area contributed by atoms with E-state index in [4.69, 9.17) is 4.21 Å². The summed E-state index contributed by atoms with van der Waals surface area (Å²) in [5, 5.41) is 0. The van der Waals surface area contributed by atoms with Gasteiger partial charge in [-0.15, -0.1) is 0 Å². The van der Waals surface area contributed by atoms with Gasteiger partial charge in [0, 0.05) is 12.3 Å². The van der Waals surface area contributed by atoms with Gasteiger partial charge < -0.3 is 4.21 Å². The fourth-order valence-corrected chi connectivity index (χ4v) is 8.04. The van der Waals surface area contributed by atoms with Crippen molar-refractivity contribution >= 4 is 15.7 Å². The zero-order valence-electron chi connectivity index (χ0n) is 11.0. The van der Waals surface area contributed by atoms with Gasteiger partial charge in [-0.1, -0.05) is 26.7 Å². The van der Waals surface area contributed by atoms with E-state index in [1.54, 1.807) is 0 Å². The van der Waals surface area contributed by atoms with E-state index in [-0.39, 0.29) is 0 Å². The molecule has 0 aliphatic rings. The van der Waals surface area contributed by atoms with Crippen molar-refractivity contribution in [2.45, 2.75) is 59.2 Å². The molecule has 0 saturated heterocycles. The third-order valence-corrected chi connectivity index (χ3v) is 7.66. The van der Waals surface area contributed by atoms with Gasteiger partial charge in [0.1, 0.15) is 0 Å². The highest BCUT2D eigenvalue weighted by Crippen LogP contribution is 2.50. The van der Waals surface area contributed by atoms with Crippen molar-refractivity contribution in [2.75, 3.05) is 12.3 Å². The Morgan fingerprint density at radius 1 is 1.00 bits per heavy atom. The minimum atomic E-state index is -2.31. The molecule has 0 fully saturated rings. The smallest absolute Gasteiger partial charge is 0.193 e. The van der Waals surface area contributed by atoms with Gasteiger partial charge in [-0.25, -0.2) is 0 Å². The Kier molecular flexibility index (Phi) is 7.06. The molecule has 0 radical (unpaired) electrons. The molecular weight excluding hydrogens is 223 g/mol. The van der Waals surface area contributed by atoms with E-state index in [2.05, 4.69) is 33.5 Å². The second-order valence-corrected chi connectivity index (χ2v) is 12.7. The number of hydrogen-bond donors (Lipinski definition) is 0. The molecular formula is C11H27O2PSi. The van der Waals surface area contributed by atoms with E-state index >= 15 is 0 Å². The van der Waals surface area contributed by atoms with Crippen molar-refractivity contribution in [2.24, 2.45) is 0 Å². The molecule has 0 aliphatic carbocycles. The van der Waals surface area contributed by atoms with Crippen molar-refractivity contribution in [3.05, 3.63) is 0 Å². The first-order valence-corrected chi connectivity index (χ1v) is 11.5. The highest BCUT2D eigenvalue weighted by molar-refractivity contribution is 7.60. The topological polar surface area (TPSA) is 26.3 Å². The fourth-order valence-electron chi connectivity index (χ4n) is 1.50. The van der Waals surface area contributed by atoms with Crippen molar-refractivity contribution in [1.29, 1.82) is 0 Å². The average molecular weight is 250 g/mol. The molecule has 92 valence electrons. The van der Waals surface area contributed by atoms with Gasteiger partial charge in [0.2, 0.25) is 0 Å². The monoisotopic (exact) mass is 250 g/mol. The summed E-state index contributed by atoms with van der Waals surface area (Å²) in [6.07, 6.45) is 5.84. The Morgan fingerprint density at radius 3 is 1.67 bits per heavy atom. The number of rotatable bonds is 8. The molecule has 4 heteroatoms. The Labute approximate surface area is 96.4 Å². The van der Waals surface area contributed by atoms with Crippen LogP contribution in [0.2, 0.25) is 19.6 Å². The first-order chi connectivity index (χ1) is 6.83. The normalized spacial score (nSPS) is 13.1. The van der Waals surface area contributed by atoms with Crippen LogP contribution >= 0.6 is 7.37 Å². The van der Waals surface area contributed by atoms with Gasteiger partial charge in [0.15, 0.2) is 15.7 Å². The lowest BCUT2D eigenvalue weighted by Gasteiger charge is -2.26. The molecule has 0 atom stereocenters. The minimum Gasteiger partial charge on any atom is -0.370 e. The van der Waals surface area contributed by atoms with E-state index in [0.29, 0.717) is 0 Å². The van der Waals surface area contributed by atoms with E-state index in [1.807, 2.05) is 0 Å². The first kappa shape index (κ1) is 15.4. The summed E-state index contributed by atoms with van der Waals surface area (Å²) in [5.74, 6) is 0. The lowest BCUT2D eigenvalue weighted by Crippen LogP contribution is -2.25. The summed E-state index contributed by atoms with van der Waals surface area (Å²) in [4.78, 5) is 0. The molecule has 2 nitrogen and oxygen atoms in total. The number of hydrogen-bond acceptors (Lipinski definition) is 2. The molecule has 0 spiro atoms. The summed E-state index contributed by atoms with van der Waals surface area (Å²) in [6.45, 7) is 10.6. The SMILES string of the molecule is CCCCP(=O)(CCCC)O[Si](C)(C)C. The van der Waals surface area contributed by atoms with Crippen LogP contribution in [0.15, 0.2) is 0 Å². The third kappa shape index (κ3) is 8.24. The molecule has 0 heterocycles. The zero-order chi connectivity index (χ0) is 11.9. The Bertz CT molecular complexity index is 199. The van der Waals surface area contributed by atoms with Crippen molar-refractivity contribution in [3.63, 3.8) is 0 Å². The molecule has 15 heavy (non-hydrogen) atoms. The van der Waals surface area contributed by atoms with Crippen LogP contribution in [0.3, 0.4) is 0 Å². The van der Waals surface area contributed by atoms with Gasteiger partial charge in [-0.2, -0.15) is 0 Å². The van der Waals surface area contributed by atoms with E-state index < -0.39 is 15.7 Å². The van der Waals surface area contributed by atoms with Crippen LogP contribution in [0.4, 0.5) is 0 Å². The van der Waals surface area contributed by atoms with Crippen LogP contribution in [-0.4, -0.2) is 20.6 Å². The molecule has 0 N–H and O–H groups in total. The molecule has 0 bridgehead atoms. The predicted molar refractivity (Wildman–Crippen MR) is 71.6 cm³/mol. The standard InChI is InChI=1S/C11H27O2PSi/c1-6-8-10-14(12,11-9-7-2)13-15(3,4)5/h6-11H2,1-5H3. The molecule has 0 aromatic rings. The van der Waals surface area contributed by atoms with Crippen molar-refractivity contribution < 1.29 is 8.78 Å². The second-order valence-electron chi connectivity index (χ2n) is 5.17. The summed E-state index contributed by atoms with van der Waals surface area (Å²) in [6, 6.07) is 0. The average Bonchev–Trinajstić information content (AvgIpc) is 2.09. The zero-order valence-corrected chi connectivity index (χ0v) is 12.9. The molecule has 0 rings (SSSR count). The number of unbranched alkanes of at least 4 members (excludes halogenated alkanes) is 2. The maximum atomic E-state index is 12.6. The van der Waals surface area contributed by atoms with Gasteiger partial charge >= 0.3 is 0 Å². The van der Waals surface area contributed by atoms with Gasteiger partial charge in [-0.05, 0) is 32.5 Å². The van der Waals surface area contributed by atoms with Crippen molar-refractivity contribution in [1.82, 2.24) is 0 Å². The quantitative estimate of drug-likeness (QED) is 0.460. The highest BCUT2D eigenvalue weighted by atomic mass is 31.2. The third-order valence-electron chi connectivity index (χ3n) is 2.14. The predicted octanol–water partition coefficient (Wildman–Crippen LogP) is 4.72. The van der Waals surface area contributed by atoms with Crippen LogP contribution < -0.4 is 0 Å². The molecule has 0 saturated carbocycles. The largest absolute Gasteiger partial charge is 0.370 e. The van der Waals surface area contributed by atoms with E-state index in [1.165, 1.54) is 0 Å². The first-order valence-electron chi connectivity index (χ1n) is 6.12. The van der Waals surface area contributed by atoms with E-state index in [0.717, 1.165) is 38.0 Å². The minimum absolute atomic E-state index is 0.785. The van der Waals surface area contributed by atoms with Gasteiger partial charge in [0.25, 0.3) is 0 Å². The molecule has 0 aliphatic heterocycles. The Morgan fingerprint density at radius 2 is 1.40 bits per heavy atom. The van der Waals surface area contributed by atoms with Gasteiger partial charge in [-0.3, -0.25) is 4.57 Å². The van der Waals surface area contributed by atoms with Gasteiger partial charge in [0.05, 0.1) is 0 Å². The van der Waals surface area contributed by atoms with Crippen LogP contribution in [0.5, 0.6) is 0 Å². The van der Waals surface area contributed by atoms with Crippen LogP contribution in [0.1, 0.15) is 39.5 Å². The molecule has 0 aromatic carbocycles. The summed E-state index contributed by atoms with van der Waals surface area (Å²) in [5.41, 5.74) is 0. The summed E-state index contributed by atoms with van der Waals surface area (Å²) >= 11 is 0. The van der Waals surface area contributed by atoms with Crippen LogP contribution in [0, 0.1) is 0 Å². The van der Waals surface area contributed by atoms with Crippen LogP contribution in [0.25, 0.3) is 0 Å². The Hall–Kier alpha value is 0.407. The lowest BCUT2D eigenvalue weighted by molar-refractivity contribution is 0.476. The van der Waals surface area contributed by atoms with Crippen LogP contribution in [-0.2, 0) is 8.78 Å². The summed E-state index contributed by atoms with van der Waals surface area (Å²) in [7, 11) is -3.97. The Balaban J connectivity index is 4.34. The maximum absolute atomic E-state index is 12.6. The molecule has 0 amide bonds. The molecule has 0 aromatic heterocycles. The summed E-state index contributed by atoms with van der Waals surface area (Å²) < 4.78 is 18.5. The lowest BCUT2D eigenvalue weighted by atomic mass is 10.4. The van der Waals surface area contributed by atoms with Crippen molar-refractivity contribution in [3.8, 4) is 0 Å².